The van der Waals surface area contributed by atoms with Gasteiger partial charge in [-0.15, -0.1) is 0 Å². The quantitative estimate of drug-likeness (QED) is 0.783. The number of halogens is 2. The monoisotopic (exact) mass is 271 g/mol. The molecule has 94 valence electrons. The van der Waals surface area contributed by atoms with Crippen LogP contribution in [0.4, 0.5) is 0 Å². The number of hydrogen-bond acceptors (Lipinski definition) is 1. The minimum Gasteiger partial charge on any atom is -0.316 e. The second-order valence-corrected chi connectivity index (χ2v) is 5.75. The molecule has 0 bridgehead atoms. The van der Waals surface area contributed by atoms with Crippen molar-refractivity contribution in [2.75, 3.05) is 13.1 Å². The molecule has 2 rings (SSSR count). The largest absolute Gasteiger partial charge is 0.316 e. The van der Waals surface area contributed by atoms with E-state index in [4.69, 9.17) is 23.2 Å². The van der Waals surface area contributed by atoms with Gasteiger partial charge >= 0.3 is 0 Å². The maximum Gasteiger partial charge on any atom is 0.0595 e. The zero-order valence-electron chi connectivity index (χ0n) is 10.2. The first-order valence-corrected chi connectivity index (χ1v) is 7.10. The first-order valence-electron chi connectivity index (χ1n) is 6.34. The van der Waals surface area contributed by atoms with E-state index >= 15 is 0 Å². The van der Waals surface area contributed by atoms with Gasteiger partial charge in [0.1, 0.15) is 0 Å². The second kappa shape index (κ2) is 5.60. The van der Waals surface area contributed by atoms with Crippen molar-refractivity contribution in [2.24, 2.45) is 0 Å². The summed E-state index contributed by atoms with van der Waals surface area (Å²) in [4.78, 5) is 0. The molecule has 0 heterocycles. The van der Waals surface area contributed by atoms with Crippen LogP contribution in [0.5, 0.6) is 0 Å². The van der Waals surface area contributed by atoms with Crippen LogP contribution in [0.3, 0.4) is 0 Å². The summed E-state index contributed by atoms with van der Waals surface area (Å²) in [7, 11) is 0. The smallest absolute Gasteiger partial charge is 0.0595 e. The molecule has 1 fully saturated rings. The lowest BCUT2D eigenvalue weighted by Gasteiger charge is -2.43. The molecule has 0 atom stereocenters. The van der Waals surface area contributed by atoms with E-state index in [1.54, 1.807) is 0 Å². The lowest BCUT2D eigenvalue weighted by Crippen LogP contribution is -2.44. The molecule has 0 spiro atoms. The van der Waals surface area contributed by atoms with Crippen molar-refractivity contribution in [1.82, 2.24) is 5.32 Å². The third-order valence-electron chi connectivity index (χ3n) is 3.73. The maximum atomic E-state index is 6.11. The molecule has 3 heteroatoms. The van der Waals surface area contributed by atoms with E-state index in [0.29, 0.717) is 15.5 Å². The van der Waals surface area contributed by atoms with Crippen molar-refractivity contribution in [1.29, 1.82) is 0 Å². The number of rotatable bonds is 5. The Morgan fingerprint density at radius 3 is 2.53 bits per heavy atom. The van der Waals surface area contributed by atoms with Crippen molar-refractivity contribution in [3.05, 3.63) is 33.8 Å². The Kier molecular flexibility index (Phi) is 4.35. The highest BCUT2D eigenvalue weighted by molar-refractivity contribution is 6.42. The molecule has 0 amide bonds. The molecule has 1 aliphatic carbocycles. The maximum absolute atomic E-state index is 6.11. The Hall–Kier alpha value is -0.240. The van der Waals surface area contributed by atoms with Gasteiger partial charge in [0.2, 0.25) is 0 Å². The topological polar surface area (TPSA) is 12.0 Å². The number of nitrogens with one attached hydrogen (secondary N) is 1. The van der Waals surface area contributed by atoms with Gasteiger partial charge in [-0.2, -0.15) is 0 Å². The highest BCUT2D eigenvalue weighted by Gasteiger charge is 2.38. The van der Waals surface area contributed by atoms with E-state index in [-0.39, 0.29) is 0 Å². The summed E-state index contributed by atoms with van der Waals surface area (Å²) in [5.41, 5.74) is 1.63. The van der Waals surface area contributed by atoms with Gasteiger partial charge in [0.05, 0.1) is 10.0 Å². The fraction of sp³-hybridized carbons (Fsp3) is 0.571. The summed E-state index contributed by atoms with van der Waals surface area (Å²) >= 11 is 12.1. The van der Waals surface area contributed by atoms with Crippen LogP contribution in [-0.4, -0.2) is 13.1 Å². The molecule has 1 nitrogen and oxygen atoms in total. The molecule has 0 radical (unpaired) electrons. The van der Waals surface area contributed by atoms with Gasteiger partial charge in [-0.05, 0) is 43.5 Å². The lowest BCUT2D eigenvalue weighted by atomic mass is 9.64. The van der Waals surface area contributed by atoms with E-state index in [1.165, 1.54) is 31.2 Å². The molecule has 1 aliphatic rings. The zero-order valence-corrected chi connectivity index (χ0v) is 11.7. The number of benzene rings is 1. The predicted octanol–water partition coefficient (Wildman–Crippen LogP) is 4.41. The average molecular weight is 272 g/mol. The minimum absolute atomic E-state index is 0.295. The lowest BCUT2D eigenvalue weighted by molar-refractivity contribution is 0.234. The highest BCUT2D eigenvalue weighted by atomic mass is 35.5. The predicted molar refractivity (Wildman–Crippen MR) is 75.2 cm³/mol. The summed E-state index contributed by atoms with van der Waals surface area (Å²) in [6, 6.07) is 6.08. The highest BCUT2D eigenvalue weighted by Crippen LogP contribution is 2.44. The first kappa shape index (κ1) is 13.2. The first-order chi connectivity index (χ1) is 8.18. The summed E-state index contributed by atoms with van der Waals surface area (Å²) in [6.07, 6.45) is 4.99. The van der Waals surface area contributed by atoms with Crippen LogP contribution >= 0.6 is 23.2 Å². The minimum atomic E-state index is 0.295. The summed E-state index contributed by atoms with van der Waals surface area (Å²) in [5, 5.41) is 4.85. The third kappa shape index (κ3) is 2.78. The fourth-order valence-corrected chi connectivity index (χ4v) is 2.80. The van der Waals surface area contributed by atoms with Crippen LogP contribution in [0.15, 0.2) is 18.2 Å². The van der Waals surface area contributed by atoms with Gasteiger partial charge in [-0.3, -0.25) is 0 Å². The van der Waals surface area contributed by atoms with Crippen molar-refractivity contribution in [3.8, 4) is 0 Å². The molecule has 0 aromatic heterocycles. The van der Waals surface area contributed by atoms with Crippen LogP contribution < -0.4 is 5.32 Å². The Labute approximate surface area is 114 Å². The molecule has 0 unspecified atom stereocenters. The van der Waals surface area contributed by atoms with E-state index in [0.717, 1.165) is 13.1 Å². The van der Waals surface area contributed by atoms with Crippen molar-refractivity contribution >= 4 is 23.2 Å². The normalized spacial score (nSPS) is 17.8. The molecule has 17 heavy (non-hydrogen) atoms. The average Bonchev–Trinajstić information content (AvgIpc) is 2.26. The standard InChI is InChI=1S/C14H19Cl2N/c1-2-8-17-10-14(6-3-7-14)11-4-5-12(15)13(16)9-11/h4-5,9,17H,2-3,6-8,10H2,1H3. The van der Waals surface area contributed by atoms with Crippen molar-refractivity contribution < 1.29 is 0 Å². The molecule has 0 aliphatic heterocycles. The van der Waals surface area contributed by atoms with Crippen LogP contribution in [0.2, 0.25) is 10.0 Å². The van der Waals surface area contributed by atoms with E-state index < -0.39 is 0 Å². The molecule has 1 aromatic rings. The Morgan fingerprint density at radius 1 is 1.24 bits per heavy atom. The zero-order chi connectivity index (χ0) is 12.3. The van der Waals surface area contributed by atoms with Gasteiger partial charge in [0.15, 0.2) is 0 Å². The van der Waals surface area contributed by atoms with E-state index in [1.807, 2.05) is 12.1 Å². The fourth-order valence-electron chi connectivity index (χ4n) is 2.50. The third-order valence-corrected chi connectivity index (χ3v) is 4.47. The van der Waals surface area contributed by atoms with Gasteiger partial charge in [0.25, 0.3) is 0 Å². The number of hydrogen-bond donors (Lipinski definition) is 1. The van der Waals surface area contributed by atoms with Crippen LogP contribution in [-0.2, 0) is 5.41 Å². The summed E-state index contributed by atoms with van der Waals surface area (Å²) < 4.78 is 0. The Morgan fingerprint density at radius 2 is 2.00 bits per heavy atom. The van der Waals surface area contributed by atoms with Crippen molar-refractivity contribution in [3.63, 3.8) is 0 Å². The molecular formula is C14H19Cl2N. The van der Waals surface area contributed by atoms with E-state index in [2.05, 4.69) is 18.3 Å². The molecule has 1 N–H and O–H groups in total. The van der Waals surface area contributed by atoms with Crippen LogP contribution in [0, 0.1) is 0 Å². The van der Waals surface area contributed by atoms with Crippen LogP contribution in [0.1, 0.15) is 38.2 Å². The van der Waals surface area contributed by atoms with Crippen molar-refractivity contribution in [2.45, 2.75) is 38.0 Å². The molecule has 1 aromatic carbocycles. The Bertz CT molecular complexity index is 386. The van der Waals surface area contributed by atoms with Gasteiger partial charge < -0.3 is 5.32 Å². The van der Waals surface area contributed by atoms with Gasteiger partial charge in [-0.1, -0.05) is 42.6 Å². The SMILES string of the molecule is CCCNCC1(c2ccc(Cl)c(Cl)c2)CCC1. The Balaban J connectivity index is 2.13. The summed E-state index contributed by atoms with van der Waals surface area (Å²) in [6.45, 7) is 4.33. The molecule has 0 saturated heterocycles. The van der Waals surface area contributed by atoms with Gasteiger partial charge in [0, 0.05) is 12.0 Å². The molecule has 1 saturated carbocycles. The van der Waals surface area contributed by atoms with Gasteiger partial charge in [-0.25, -0.2) is 0 Å². The molecular weight excluding hydrogens is 253 g/mol. The second-order valence-electron chi connectivity index (χ2n) is 4.94. The summed E-state index contributed by atoms with van der Waals surface area (Å²) in [5.74, 6) is 0. The van der Waals surface area contributed by atoms with E-state index in [9.17, 15) is 0 Å². The van der Waals surface area contributed by atoms with Crippen LogP contribution in [0.25, 0.3) is 0 Å².